The summed E-state index contributed by atoms with van der Waals surface area (Å²) in [5.74, 6) is -2.74. The van der Waals surface area contributed by atoms with E-state index in [1.54, 1.807) is 24.0 Å². The molecule has 3 saturated heterocycles. The Morgan fingerprint density at radius 1 is 1.16 bits per heavy atom. The zero-order valence-corrected chi connectivity index (χ0v) is 28.4. The molecule has 1 spiro atoms. The van der Waals surface area contributed by atoms with Gasteiger partial charge in [-0.2, -0.15) is 0 Å². The minimum atomic E-state index is -1.12. The number of unbranched alkanes of at least 4 members (excludes halogenated alkanes) is 3. The molecule has 2 bridgehead atoms. The summed E-state index contributed by atoms with van der Waals surface area (Å²) in [4.78, 5) is 58.3. The number of allylic oxidation sites excluding steroid dienone is 1. The maximum atomic E-state index is 14.8. The maximum absolute atomic E-state index is 14.8. The van der Waals surface area contributed by atoms with E-state index in [2.05, 4.69) is 53.1 Å². The van der Waals surface area contributed by atoms with Gasteiger partial charge in [0.1, 0.15) is 17.7 Å². The number of ether oxygens (including phenoxy) is 2. The topological polar surface area (TPSA) is 125 Å². The number of fused-ring (bicyclic) bond motifs is 1. The summed E-state index contributed by atoms with van der Waals surface area (Å²) in [6.07, 6.45) is 7.92. The standard InChI is InChI=1S/C35H57N3O7/c1-9-11-16-26(40)36-22-24(3)44-32(43)27-25-17-18-35(45-25)28(27)30(41)37(20-14-12-13-15-21-39)29(35)31(42)38(19-10-2)34(7,8)23-33(4,5)6/h9-10,24-25,27-29,39H,1-2,11-23H2,3-8H3,(H,36,40)/t24-,25+,27-,28-,29+,35-/m0/s1. The second kappa shape index (κ2) is 15.2. The molecule has 3 amide bonds. The number of esters is 1. The fraction of sp³-hybridized carbons (Fsp3) is 0.771. The molecule has 6 atom stereocenters. The molecule has 3 aliphatic rings. The van der Waals surface area contributed by atoms with Gasteiger partial charge in [-0.1, -0.05) is 45.8 Å². The van der Waals surface area contributed by atoms with Gasteiger partial charge in [0.25, 0.3) is 0 Å². The molecule has 3 heterocycles. The third kappa shape index (κ3) is 8.36. The SMILES string of the molecule is C=CCCC(=O)NC[C@H](C)OC(=O)[C@@H]1[C@H]2C(=O)N(CCCCCCO)[C@H](C(=O)N(CC=C)C(C)(C)CC(C)(C)C)[C@]23CC[C@H]1O3. The number of nitrogens with zero attached hydrogens (tertiary/aromatic N) is 2. The number of likely N-dealkylation sites (tertiary alicyclic amines) is 1. The second-order valence-electron chi connectivity index (χ2n) is 14.9. The van der Waals surface area contributed by atoms with Crippen molar-refractivity contribution in [3.8, 4) is 0 Å². The average Bonchev–Trinajstić information content (AvgIpc) is 3.59. The lowest BCUT2D eigenvalue weighted by atomic mass is 9.70. The third-order valence-corrected chi connectivity index (χ3v) is 9.36. The van der Waals surface area contributed by atoms with Gasteiger partial charge in [-0.25, -0.2) is 0 Å². The first-order chi connectivity index (χ1) is 21.1. The van der Waals surface area contributed by atoms with Crippen LogP contribution in [0.15, 0.2) is 25.3 Å². The Hall–Kier alpha value is -2.72. The molecule has 0 radical (unpaired) electrons. The van der Waals surface area contributed by atoms with E-state index in [0.717, 1.165) is 19.3 Å². The molecular formula is C35H57N3O7. The summed E-state index contributed by atoms with van der Waals surface area (Å²) in [6, 6.07) is -0.864. The van der Waals surface area contributed by atoms with E-state index in [1.165, 1.54) is 0 Å². The lowest BCUT2D eigenvalue weighted by Gasteiger charge is -2.45. The van der Waals surface area contributed by atoms with E-state index < -0.39 is 47.2 Å². The van der Waals surface area contributed by atoms with E-state index in [4.69, 9.17) is 9.47 Å². The van der Waals surface area contributed by atoms with Crippen molar-refractivity contribution in [2.75, 3.05) is 26.2 Å². The Morgan fingerprint density at radius 3 is 2.47 bits per heavy atom. The first-order valence-electron chi connectivity index (χ1n) is 16.7. The average molecular weight is 632 g/mol. The van der Waals surface area contributed by atoms with Crippen LogP contribution in [0.5, 0.6) is 0 Å². The maximum Gasteiger partial charge on any atom is 0.312 e. The number of carbonyl (C=O) groups excluding carboxylic acids is 4. The van der Waals surface area contributed by atoms with Gasteiger partial charge in [-0.3, -0.25) is 19.2 Å². The largest absolute Gasteiger partial charge is 0.460 e. The van der Waals surface area contributed by atoms with Gasteiger partial charge < -0.3 is 29.7 Å². The number of hydrogen-bond acceptors (Lipinski definition) is 7. The van der Waals surface area contributed by atoms with Crippen LogP contribution in [0.25, 0.3) is 0 Å². The fourth-order valence-electron chi connectivity index (χ4n) is 7.89. The minimum Gasteiger partial charge on any atom is -0.460 e. The number of aliphatic hydroxyl groups excluding tert-OH is 1. The number of rotatable bonds is 18. The lowest BCUT2D eigenvalue weighted by Crippen LogP contribution is -2.61. The van der Waals surface area contributed by atoms with Gasteiger partial charge in [-0.15, -0.1) is 13.2 Å². The van der Waals surface area contributed by atoms with Crippen LogP contribution in [-0.4, -0.2) is 94.2 Å². The Bertz CT molecular complexity index is 1100. The number of hydrogen-bond donors (Lipinski definition) is 2. The summed E-state index contributed by atoms with van der Waals surface area (Å²) < 4.78 is 12.4. The molecule has 2 N–H and O–H groups in total. The Labute approximate surface area is 269 Å². The monoisotopic (exact) mass is 631 g/mol. The molecule has 0 aromatic carbocycles. The summed E-state index contributed by atoms with van der Waals surface area (Å²) in [6.45, 7) is 20.8. The smallest absolute Gasteiger partial charge is 0.312 e. The van der Waals surface area contributed by atoms with E-state index in [-0.39, 0.29) is 36.3 Å². The van der Waals surface area contributed by atoms with Crippen LogP contribution in [0.3, 0.4) is 0 Å². The second-order valence-corrected chi connectivity index (χ2v) is 14.9. The van der Waals surface area contributed by atoms with Gasteiger partial charge in [0.2, 0.25) is 17.7 Å². The first kappa shape index (κ1) is 36.7. The third-order valence-electron chi connectivity index (χ3n) is 9.36. The molecule has 254 valence electrons. The number of amides is 3. The zero-order valence-electron chi connectivity index (χ0n) is 28.4. The molecule has 45 heavy (non-hydrogen) atoms. The van der Waals surface area contributed by atoms with Gasteiger partial charge in [0, 0.05) is 31.7 Å². The van der Waals surface area contributed by atoms with Crippen molar-refractivity contribution in [2.24, 2.45) is 17.3 Å². The molecule has 3 aliphatic heterocycles. The van der Waals surface area contributed by atoms with Crippen LogP contribution in [0.4, 0.5) is 0 Å². The van der Waals surface area contributed by atoms with Crippen molar-refractivity contribution in [1.82, 2.24) is 15.1 Å². The highest BCUT2D eigenvalue weighted by atomic mass is 16.6. The molecule has 0 saturated carbocycles. The predicted octanol–water partition coefficient (Wildman–Crippen LogP) is 4.16. The first-order valence-corrected chi connectivity index (χ1v) is 16.7. The Morgan fingerprint density at radius 2 is 1.84 bits per heavy atom. The lowest BCUT2D eigenvalue weighted by molar-refractivity contribution is -0.159. The van der Waals surface area contributed by atoms with Crippen LogP contribution >= 0.6 is 0 Å². The zero-order chi connectivity index (χ0) is 33.6. The van der Waals surface area contributed by atoms with Crippen molar-refractivity contribution >= 4 is 23.7 Å². The normalized spacial score (nSPS) is 26.4. The quantitative estimate of drug-likeness (QED) is 0.132. The van der Waals surface area contributed by atoms with Crippen molar-refractivity contribution in [3.63, 3.8) is 0 Å². The number of aliphatic hydroxyl groups is 1. The minimum absolute atomic E-state index is 0.0547. The van der Waals surface area contributed by atoms with Gasteiger partial charge in [0.05, 0.1) is 24.5 Å². The van der Waals surface area contributed by atoms with Crippen LogP contribution in [0.2, 0.25) is 0 Å². The highest BCUT2D eigenvalue weighted by molar-refractivity contribution is 5.98. The van der Waals surface area contributed by atoms with Crippen molar-refractivity contribution in [1.29, 1.82) is 0 Å². The van der Waals surface area contributed by atoms with Crippen molar-refractivity contribution in [2.45, 2.75) is 129 Å². The van der Waals surface area contributed by atoms with Gasteiger partial charge in [0.15, 0.2) is 0 Å². The van der Waals surface area contributed by atoms with Crippen molar-refractivity contribution in [3.05, 3.63) is 25.3 Å². The summed E-state index contributed by atoms with van der Waals surface area (Å²) >= 11 is 0. The van der Waals surface area contributed by atoms with E-state index >= 15 is 0 Å². The van der Waals surface area contributed by atoms with E-state index in [1.807, 2.05) is 4.90 Å². The molecular weight excluding hydrogens is 574 g/mol. The molecule has 0 aromatic heterocycles. The number of carbonyl (C=O) groups is 4. The highest BCUT2D eigenvalue weighted by Gasteiger charge is 2.75. The van der Waals surface area contributed by atoms with Crippen molar-refractivity contribution < 1.29 is 33.8 Å². The van der Waals surface area contributed by atoms with Gasteiger partial charge in [-0.05, 0) is 64.7 Å². The van der Waals surface area contributed by atoms with Gasteiger partial charge >= 0.3 is 5.97 Å². The summed E-state index contributed by atoms with van der Waals surface area (Å²) in [5, 5.41) is 12.0. The number of nitrogens with one attached hydrogen (secondary N) is 1. The van der Waals surface area contributed by atoms with Crippen LogP contribution < -0.4 is 5.32 Å². The van der Waals surface area contributed by atoms with Crippen LogP contribution in [0.1, 0.15) is 99.3 Å². The Kier molecular flexibility index (Phi) is 12.4. The highest BCUT2D eigenvalue weighted by Crippen LogP contribution is 2.59. The molecule has 0 aromatic rings. The van der Waals surface area contributed by atoms with Crippen LogP contribution in [0, 0.1) is 17.3 Å². The predicted molar refractivity (Wildman–Crippen MR) is 173 cm³/mol. The summed E-state index contributed by atoms with van der Waals surface area (Å²) in [5.41, 5.74) is -1.71. The van der Waals surface area contributed by atoms with E-state index in [9.17, 15) is 24.3 Å². The molecule has 3 fully saturated rings. The molecule has 3 rings (SSSR count). The van der Waals surface area contributed by atoms with Crippen LogP contribution in [-0.2, 0) is 28.7 Å². The molecule has 10 heteroatoms. The molecule has 10 nitrogen and oxygen atoms in total. The van der Waals surface area contributed by atoms with E-state index in [0.29, 0.717) is 51.6 Å². The fourth-order valence-corrected chi connectivity index (χ4v) is 7.89. The molecule has 0 unspecified atom stereocenters. The molecule has 0 aliphatic carbocycles. The summed E-state index contributed by atoms with van der Waals surface area (Å²) in [7, 11) is 0. The Balaban J connectivity index is 1.90.